The van der Waals surface area contributed by atoms with Crippen LogP contribution in [0.3, 0.4) is 0 Å². The molecule has 6 heteroatoms. The molecule has 1 N–H and O–H groups in total. The predicted octanol–water partition coefficient (Wildman–Crippen LogP) is 4.18. The van der Waals surface area contributed by atoms with Gasteiger partial charge in [0.1, 0.15) is 0 Å². The Morgan fingerprint density at radius 1 is 1.35 bits per heavy atom. The number of rotatable bonds is 3. The third kappa shape index (κ3) is 2.97. The number of nitrogens with one attached hydrogen (secondary N) is 1. The Hall–Kier alpha value is -0.650. The topological polar surface area (TPSA) is 37.8 Å². The van der Waals surface area contributed by atoms with E-state index in [1.165, 1.54) is 4.88 Å². The monoisotopic (exact) mass is 331 g/mol. The van der Waals surface area contributed by atoms with Crippen LogP contribution in [-0.4, -0.2) is 10.2 Å². The molecule has 0 saturated carbocycles. The van der Waals surface area contributed by atoms with E-state index < -0.39 is 0 Å². The molecule has 0 amide bonds. The maximum absolute atomic E-state index is 5.90. The first-order valence-electron chi connectivity index (χ1n) is 5.04. The highest BCUT2D eigenvalue weighted by molar-refractivity contribution is 9.10. The Balaban J connectivity index is 2.12. The van der Waals surface area contributed by atoms with Gasteiger partial charge in [-0.15, -0.1) is 21.5 Å². The van der Waals surface area contributed by atoms with Gasteiger partial charge < -0.3 is 5.32 Å². The second-order valence-electron chi connectivity index (χ2n) is 3.67. The smallest absolute Gasteiger partial charge is 0.155 e. The highest BCUT2D eigenvalue weighted by Crippen LogP contribution is 2.23. The summed E-state index contributed by atoms with van der Waals surface area (Å²) in [5, 5.41) is 13.8. The van der Waals surface area contributed by atoms with Gasteiger partial charge in [-0.05, 0) is 47.0 Å². The molecule has 0 radical (unpaired) electrons. The van der Waals surface area contributed by atoms with Crippen LogP contribution in [-0.2, 0) is 6.54 Å². The zero-order valence-corrected chi connectivity index (χ0v) is 12.6. The lowest BCUT2D eigenvalue weighted by Crippen LogP contribution is -2.05. The summed E-state index contributed by atoms with van der Waals surface area (Å²) in [6, 6.07) is 2.09. The van der Waals surface area contributed by atoms with Gasteiger partial charge in [0, 0.05) is 14.7 Å². The molecule has 0 aliphatic rings. The van der Waals surface area contributed by atoms with Crippen molar-refractivity contribution in [2.24, 2.45) is 0 Å². The summed E-state index contributed by atoms with van der Waals surface area (Å²) in [4.78, 5) is 1.24. The summed E-state index contributed by atoms with van der Waals surface area (Å²) in [5.41, 5.74) is 2.01. The molecule has 0 unspecified atom stereocenters. The van der Waals surface area contributed by atoms with E-state index in [2.05, 4.69) is 42.9 Å². The van der Waals surface area contributed by atoms with Crippen molar-refractivity contribution in [3.05, 3.63) is 37.1 Å². The highest BCUT2D eigenvalue weighted by Gasteiger charge is 2.08. The number of anilines is 1. The van der Waals surface area contributed by atoms with Crippen LogP contribution in [0.4, 0.5) is 5.82 Å². The minimum Gasteiger partial charge on any atom is -0.363 e. The molecular formula is C11H11BrClN3S. The first-order valence-corrected chi connectivity index (χ1v) is 7.09. The first-order chi connectivity index (χ1) is 8.08. The van der Waals surface area contributed by atoms with Crippen molar-refractivity contribution in [1.29, 1.82) is 0 Å². The molecule has 0 saturated heterocycles. The normalized spacial score (nSPS) is 10.6. The van der Waals surface area contributed by atoms with Crippen molar-refractivity contribution >= 4 is 44.7 Å². The molecule has 0 fully saturated rings. The van der Waals surface area contributed by atoms with Gasteiger partial charge in [-0.25, -0.2) is 0 Å². The molecule has 0 atom stereocenters. The second kappa shape index (κ2) is 5.33. The lowest BCUT2D eigenvalue weighted by molar-refractivity contribution is 0.975. The molecule has 3 nitrogen and oxygen atoms in total. The standard InChI is InChI=1S/C11H11BrClN3S/c1-6-7(2)11(16-15-10(6)13)14-4-9-3-8(12)5-17-9/h3,5H,4H2,1-2H3,(H,14,16). The number of thiophene rings is 1. The van der Waals surface area contributed by atoms with Gasteiger partial charge in [0.15, 0.2) is 11.0 Å². The zero-order chi connectivity index (χ0) is 12.4. The van der Waals surface area contributed by atoms with Crippen LogP contribution in [0.25, 0.3) is 0 Å². The molecule has 2 rings (SSSR count). The van der Waals surface area contributed by atoms with Crippen LogP contribution in [0.1, 0.15) is 16.0 Å². The molecular weight excluding hydrogens is 322 g/mol. The Bertz CT molecular complexity index is 542. The number of hydrogen-bond acceptors (Lipinski definition) is 4. The van der Waals surface area contributed by atoms with Crippen LogP contribution >= 0.6 is 38.9 Å². The fraction of sp³-hybridized carbons (Fsp3) is 0.273. The number of hydrogen-bond donors (Lipinski definition) is 1. The summed E-state index contributed by atoms with van der Waals surface area (Å²) in [6.45, 7) is 4.68. The van der Waals surface area contributed by atoms with Gasteiger partial charge in [-0.1, -0.05) is 11.6 Å². The van der Waals surface area contributed by atoms with E-state index in [9.17, 15) is 0 Å². The summed E-state index contributed by atoms with van der Waals surface area (Å²) < 4.78 is 1.11. The average molecular weight is 333 g/mol. The quantitative estimate of drug-likeness (QED) is 0.916. The van der Waals surface area contributed by atoms with Gasteiger partial charge in [0.2, 0.25) is 0 Å². The number of aromatic nitrogens is 2. The molecule has 0 aliphatic heterocycles. The molecule has 0 bridgehead atoms. The summed E-state index contributed by atoms with van der Waals surface area (Å²) in [7, 11) is 0. The largest absolute Gasteiger partial charge is 0.363 e. The van der Waals surface area contributed by atoms with Gasteiger partial charge >= 0.3 is 0 Å². The maximum atomic E-state index is 5.90. The van der Waals surface area contributed by atoms with Crippen molar-refractivity contribution in [2.75, 3.05) is 5.32 Å². The Morgan fingerprint density at radius 3 is 2.76 bits per heavy atom. The Morgan fingerprint density at radius 2 is 2.12 bits per heavy atom. The van der Waals surface area contributed by atoms with Crippen LogP contribution in [0.2, 0.25) is 5.15 Å². The molecule has 17 heavy (non-hydrogen) atoms. The second-order valence-corrected chi connectivity index (χ2v) is 5.94. The van der Waals surface area contributed by atoms with E-state index in [0.717, 1.165) is 28.0 Å². The molecule has 0 aromatic carbocycles. The number of nitrogens with zero attached hydrogens (tertiary/aromatic N) is 2. The average Bonchev–Trinajstić information content (AvgIpc) is 2.71. The fourth-order valence-electron chi connectivity index (χ4n) is 1.36. The van der Waals surface area contributed by atoms with Gasteiger partial charge in [0.05, 0.1) is 6.54 Å². The Kier molecular flexibility index (Phi) is 4.01. The molecule has 2 aromatic rings. The van der Waals surface area contributed by atoms with E-state index in [-0.39, 0.29) is 0 Å². The summed E-state index contributed by atoms with van der Waals surface area (Å²) in [6.07, 6.45) is 0. The van der Waals surface area contributed by atoms with Crippen molar-refractivity contribution in [3.63, 3.8) is 0 Å². The van der Waals surface area contributed by atoms with Crippen molar-refractivity contribution in [3.8, 4) is 0 Å². The Labute approximate surface area is 117 Å². The summed E-state index contributed by atoms with van der Waals surface area (Å²) >= 11 is 11.0. The van der Waals surface area contributed by atoms with Crippen LogP contribution in [0, 0.1) is 13.8 Å². The lowest BCUT2D eigenvalue weighted by atomic mass is 10.2. The van der Waals surface area contributed by atoms with Crippen molar-refractivity contribution < 1.29 is 0 Å². The van der Waals surface area contributed by atoms with Gasteiger partial charge in [-0.3, -0.25) is 0 Å². The van der Waals surface area contributed by atoms with Crippen LogP contribution < -0.4 is 5.32 Å². The third-order valence-corrected chi connectivity index (χ3v) is 4.57. The van der Waals surface area contributed by atoms with Gasteiger partial charge in [-0.2, -0.15) is 0 Å². The molecule has 2 heterocycles. The van der Waals surface area contributed by atoms with Crippen molar-refractivity contribution in [1.82, 2.24) is 10.2 Å². The lowest BCUT2D eigenvalue weighted by Gasteiger charge is -2.09. The fourth-order valence-corrected chi connectivity index (χ4v) is 2.93. The first kappa shape index (κ1) is 12.8. The third-order valence-electron chi connectivity index (χ3n) is 2.52. The molecule has 0 aliphatic carbocycles. The predicted molar refractivity (Wildman–Crippen MR) is 75.9 cm³/mol. The van der Waals surface area contributed by atoms with E-state index in [1.54, 1.807) is 11.3 Å². The van der Waals surface area contributed by atoms with E-state index in [0.29, 0.717) is 5.15 Å². The summed E-state index contributed by atoms with van der Waals surface area (Å²) in [5.74, 6) is 0.788. The number of halogens is 2. The van der Waals surface area contributed by atoms with Crippen molar-refractivity contribution in [2.45, 2.75) is 20.4 Å². The zero-order valence-electron chi connectivity index (χ0n) is 9.42. The minimum absolute atomic E-state index is 0.465. The molecule has 0 spiro atoms. The van der Waals surface area contributed by atoms with Gasteiger partial charge in [0.25, 0.3) is 0 Å². The SMILES string of the molecule is Cc1c(Cl)nnc(NCc2cc(Br)cs2)c1C. The van der Waals surface area contributed by atoms with E-state index in [4.69, 9.17) is 11.6 Å². The van der Waals surface area contributed by atoms with Crippen LogP contribution in [0.5, 0.6) is 0 Å². The van der Waals surface area contributed by atoms with E-state index >= 15 is 0 Å². The molecule has 90 valence electrons. The highest BCUT2D eigenvalue weighted by atomic mass is 79.9. The van der Waals surface area contributed by atoms with E-state index in [1.807, 2.05) is 13.8 Å². The minimum atomic E-state index is 0.465. The molecule has 2 aromatic heterocycles. The maximum Gasteiger partial charge on any atom is 0.155 e. The van der Waals surface area contributed by atoms with Crippen LogP contribution in [0.15, 0.2) is 15.9 Å².